The van der Waals surface area contributed by atoms with Crippen molar-refractivity contribution in [3.05, 3.63) is 9.47 Å². The van der Waals surface area contributed by atoms with E-state index in [4.69, 9.17) is 0 Å². The summed E-state index contributed by atoms with van der Waals surface area (Å²) < 4.78 is 1.07. The first kappa shape index (κ1) is 14.9. The molecule has 0 rings (SSSR count). The van der Waals surface area contributed by atoms with E-state index in [9.17, 15) is 0 Å². The maximum Gasteiger partial charge on any atom is 0.0626 e. The van der Waals surface area contributed by atoms with Gasteiger partial charge in [0.15, 0.2) is 0 Å². The summed E-state index contributed by atoms with van der Waals surface area (Å²) in [6.45, 7) is 16.7. The maximum absolute atomic E-state index is 3.47. The first-order valence-electron chi connectivity index (χ1n) is 4.96. The van der Waals surface area contributed by atoms with Gasteiger partial charge >= 0.3 is 0 Å². The lowest BCUT2D eigenvalue weighted by Gasteiger charge is -2.47. The molecule has 0 fully saturated rings. The van der Waals surface area contributed by atoms with Crippen molar-refractivity contribution in [1.82, 2.24) is 0 Å². The van der Waals surface area contributed by atoms with Gasteiger partial charge in [0.25, 0.3) is 0 Å². The van der Waals surface area contributed by atoms with E-state index in [1.54, 1.807) is 0 Å². The molecule has 0 aromatic heterocycles. The Labute approximate surface area is 107 Å². The Hall–Kier alpha value is 0.917. The van der Waals surface area contributed by atoms with Gasteiger partial charge in [-0.3, -0.25) is 0 Å². The molecule has 0 atom stereocenters. The van der Waals surface area contributed by atoms with Crippen LogP contribution in [0.3, 0.4) is 0 Å². The van der Waals surface area contributed by atoms with Crippen molar-refractivity contribution in [3.8, 4) is 0 Å². The van der Waals surface area contributed by atoms with Gasteiger partial charge in [-0.05, 0) is 41.9 Å². The largest absolute Gasteiger partial charge is 0.0683 e. The lowest BCUT2D eigenvalue weighted by molar-refractivity contribution is 0.656. The van der Waals surface area contributed by atoms with Crippen molar-refractivity contribution in [2.75, 3.05) is 0 Å². The molecule has 0 nitrogen and oxygen atoms in total. The van der Waals surface area contributed by atoms with Crippen molar-refractivity contribution < 1.29 is 0 Å². The quantitative estimate of drug-likeness (QED) is 0.548. The molecular formula is C11H22Br2Si. The highest BCUT2D eigenvalue weighted by Crippen LogP contribution is 2.52. The summed E-state index contributed by atoms with van der Waals surface area (Å²) in [4.78, 5) is 0. The minimum atomic E-state index is -1.33. The molecule has 0 aliphatic heterocycles. The van der Waals surface area contributed by atoms with E-state index in [-0.39, 0.29) is 5.04 Å². The SMILES string of the molecule is CC(C)(C)[Si](C)(C)C(C)(C)C=C(Br)Br. The van der Waals surface area contributed by atoms with Crippen molar-refractivity contribution in [1.29, 1.82) is 0 Å². The zero-order chi connectivity index (χ0) is 11.8. The van der Waals surface area contributed by atoms with E-state index >= 15 is 0 Å². The summed E-state index contributed by atoms with van der Waals surface area (Å²) in [6, 6.07) is 0. The van der Waals surface area contributed by atoms with Crippen LogP contribution < -0.4 is 0 Å². The fourth-order valence-electron chi connectivity index (χ4n) is 1.42. The Morgan fingerprint density at radius 1 is 1.00 bits per heavy atom. The van der Waals surface area contributed by atoms with Crippen LogP contribution in [0.4, 0.5) is 0 Å². The molecule has 0 spiro atoms. The normalized spacial score (nSPS) is 14.1. The molecule has 0 saturated heterocycles. The fraction of sp³-hybridized carbons (Fsp3) is 0.818. The smallest absolute Gasteiger partial charge is 0.0626 e. The van der Waals surface area contributed by atoms with Gasteiger partial charge in [-0.15, -0.1) is 0 Å². The molecule has 0 bridgehead atoms. The predicted octanol–water partition coefficient (Wildman–Crippen LogP) is 5.91. The molecule has 0 saturated carbocycles. The molecule has 0 aromatic carbocycles. The highest BCUT2D eigenvalue weighted by Gasteiger charge is 2.46. The Kier molecular flexibility index (Phi) is 4.71. The topological polar surface area (TPSA) is 0 Å². The molecule has 0 amide bonds. The molecular weight excluding hydrogens is 320 g/mol. The van der Waals surface area contributed by atoms with E-state index in [1.165, 1.54) is 0 Å². The molecule has 14 heavy (non-hydrogen) atoms. The van der Waals surface area contributed by atoms with Crippen molar-refractivity contribution in [3.63, 3.8) is 0 Å². The Morgan fingerprint density at radius 2 is 1.36 bits per heavy atom. The van der Waals surface area contributed by atoms with Gasteiger partial charge < -0.3 is 0 Å². The number of halogens is 2. The van der Waals surface area contributed by atoms with Crippen LogP contribution in [-0.4, -0.2) is 8.07 Å². The van der Waals surface area contributed by atoms with Gasteiger partial charge in [0.1, 0.15) is 0 Å². The fourth-order valence-corrected chi connectivity index (χ4v) is 5.43. The summed E-state index contributed by atoms with van der Waals surface area (Å²) in [6.07, 6.45) is 2.30. The molecule has 0 heterocycles. The van der Waals surface area contributed by atoms with Crippen LogP contribution >= 0.6 is 31.9 Å². The standard InChI is InChI=1S/C11H22Br2Si/c1-10(2,3)14(6,7)11(4,5)8-9(12)13/h8H,1-7H3. The third-order valence-corrected chi connectivity index (χ3v) is 11.5. The average molecular weight is 342 g/mol. The summed E-state index contributed by atoms with van der Waals surface area (Å²) in [5.74, 6) is 0. The van der Waals surface area contributed by atoms with E-state index < -0.39 is 8.07 Å². The zero-order valence-corrected chi connectivity index (χ0v) is 14.5. The summed E-state index contributed by atoms with van der Waals surface area (Å²) in [7, 11) is -1.33. The van der Waals surface area contributed by atoms with E-state index in [2.05, 4.69) is 85.6 Å². The first-order valence-corrected chi connectivity index (χ1v) is 9.54. The van der Waals surface area contributed by atoms with Crippen molar-refractivity contribution in [2.45, 2.75) is 57.8 Å². The van der Waals surface area contributed by atoms with Gasteiger partial charge in [-0.2, -0.15) is 0 Å². The highest BCUT2D eigenvalue weighted by atomic mass is 79.9. The third-order valence-electron chi connectivity index (χ3n) is 3.96. The number of allylic oxidation sites excluding steroid dienone is 1. The van der Waals surface area contributed by atoms with Gasteiger partial charge in [0.05, 0.1) is 11.5 Å². The molecule has 0 aromatic rings. The van der Waals surface area contributed by atoms with Crippen molar-refractivity contribution >= 4 is 39.9 Å². The Balaban J connectivity index is 5.18. The predicted molar refractivity (Wildman–Crippen MR) is 77.2 cm³/mol. The van der Waals surface area contributed by atoms with E-state index in [0.29, 0.717) is 5.04 Å². The molecule has 0 aliphatic carbocycles. The van der Waals surface area contributed by atoms with E-state index in [0.717, 1.165) is 3.39 Å². The lowest BCUT2D eigenvalue weighted by Crippen LogP contribution is -2.46. The molecule has 0 unspecified atom stereocenters. The van der Waals surface area contributed by atoms with Gasteiger partial charge in [0, 0.05) is 0 Å². The Morgan fingerprint density at radius 3 is 1.57 bits per heavy atom. The van der Waals surface area contributed by atoms with Crippen LogP contribution in [0.15, 0.2) is 9.47 Å². The van der Waals surface area contributed by atoms with Crippen molar-refractivity contribution in [2.24, 2.45) is 0 Å². The van der Waals surface area contributed by atoms with Crippen LogP contribution in [0.25, 0.3) is 0 Å². The average Bonchev–Trinajstić information content (AvgIpc) is 1.80. The summed E-state index contributed by atoms with van der Waals surface area (Å²) in [5, 5.41) is 0.704. The highest BCUT2D eigenvalue weighted by molar-refractivity contribution is 9.28. The number of rotatable bonds is 2. The summed E-state index contributed by atoms with van der Waals surface area (Å²) >= 11 is 6.94. The number of hydrogen-bond donors (Lipinski definition) is 0. The molecule has 84 valence electrons. The number of hydrogen-bond acceptors (Lipinski definition) is 0. The monoisotopic (exact) mass is 340 g/mol. The van der Waals surface area contributed by atoms with Crippen LogP contribution in [-0.2, 0) is 0 Å². The van der Waals surface area contributed by atoms with Crippen LogP contribution in [0.1, 0.15) is 34.6 Å². The second kappa shape index (κ2) is 4.42. The van der Waals surface area contributed by atoms with Crippen LogP contribution in [0.2, 0.25) is 23.2 Å². The first-order chi connectivity index (χ1) is 5.92. The van der Waals surface area contributed by atoms with Crippen LogP contribution in [0, 0.1) is 0 Å². The molecule has 3 heteroatoms. The molecule has 0 N–H and O–H groups in total. The Bertz CT molecular complexity index is 230. The minimum absolute atomic E-state index is 0.285. The lowest BCUT2D eigenvalue weighted by atomic mass is 10.2. The zero-order valence-electron chi connectivity index (χ0n) is 10.3. The minimum Gasteiger partial charge on any atom is -0.0683 e. The van der Waals surface area contributed by atoms with Gasteiger partial charge in [-0.25, -0.2) is 0 Å². The van der Waals surface area contributed by atoms with E-state index in [1.807, 2.05) is 0 Å². The summed E-state index contributed by atoms with van der Waals surface area (Å²) in [5.41, 5.74) is 0. The third kappa shape index (κ3) is 3.21. The van der Waals surface area contributed by atoms with Crippen LogP contribution in [0.5, 0.6) is 0 Å². The molecule has 0 radical (unpaired) electrons. The maximum atomic E-state index is 3.47. The van der Waals surface area contributed by atoms with Gasteiger partial charge in [-0.1, -0.05) is 53.8 Å². The molecule has 0 aliphatic rings. The van der Waals surface area contributed by atoms with Gasteiger partial charge in [0.2, 0.25) is 0 Å². The second-order valence-corrected chi connectivity index (χ2v) is 14.8. The second-order valence-electron chi connectivity index (χ2n) is 6.03.